The SMILES string of the molecule is O=C(c1n[nH]c2c1C=CC(c1ccccc1)(c1ccc3c(c1)OCO3)C2)C1CC1. The van der Waals surface area contributed by atoms with Gasteiger partial charge in [0.05, 0.1) is 0 Å². The number of allylic oxidation sites excluding steroid dienone is 1. The van der Waals surface area contributed by atoms with E-state index in [1.165, 1.54) is 5.56 Å². The second kappa shape index (κ2) is 6.08. The number of carbonyl (C=O) groups is 1. The summed E-state index contributed by atoms with van der Waals surface area (Å²) in [6.45, 7) is 0.254. The number of aromatic nitrogens is 2. The molecule has 144 valence electrons. The zero-order chi connectivity index (χ0) is 19.4. The minimum atomic E-state index is -0.373. The standard InChI is InChI=1S/C24H20N2O3/c27-23(15-6-7-15)22-18-10-11-24(13-19(18)25-26-22,16-4-2-1-3-5-16)17-8-9-20-21(12-17)29-14-28-20/h1-5,8-12,15H,6-7,13-14H2,(H,25,26). The van der Waals surface area contributed by atoms with Crippen molar-refractivity contribution in [2.24, 2.45) is 5.92 Å². The molecule has 1 aliphatic heterocycles. The van der Waals surface area contributed by atoms with Crippen LogP contribution in [0, 0.1) is 5.92 Å². The molecule has 1 atom stereocenters. The maximum atomic E-state index is 12.6. The average Bonchev–Trinajstić information content (AvgIpc) is 3.37. The number of hydrogen-bond acceptors (Lipinski definition) is 4. The molecule has 0 saturated heterocycles. The number of fused-ring (bicyclic) bond motifs is 2. The van der Waals surface area contributed by atoms with Crippen molar-refractivity contribution >= 4 is 11.9 Å². The molecule has 0 amide bonds. The van der Waals surface area contributed by atoms with Crippen LogP contribution in [0.3, 0.4) is 0 Å². The van der Waals surface area contributed by atoms with Crippen LogP contribution in [-0.2, 0) is 11.8 Å². The highest BCUT2D eigenvalue weighted by Gasteiger charge is 2.40. The highest BCUT2D eigenvalue weighted by molar-refractivity contribution is 6.01. The van der Waals surface area contributed by atoms with Crippen LogP contribution in [0.5, 0.6) is 11.5 Å². The van der Waals surface area contributed by atoms with Crippen LogP contribution < -0.4 is 9.47 Å². The maximum Gasteiger partial charge on any atom is 0.231 e. The minimum absolute atomic E-state index is 0.158. The molecule has 1 unspecified atom stereocenters. The fourth-order valence-electron chi connectivity index (χ4n) is 4.46. The lowest BCUT2D eigenvalue weighted by Gasteiger charge is -2.34. The molecule has 5 nitrogen and oxygen atoms in total. The molecule has 0 spiro atoms. The van der Waals surface area contributed by atoms with Gasteiger partial charge >= 0.3 is 0 Å². The van der Waals surface area contributed by atoms with Crippen LogP contribution >= 0.6 is 0 Å². The molecule has 0 bridgehead atoms. The summed E-state index contributed by atoms with van der Waals surface area (Å²) in [6, 6.07) is 16.6. The first-order valence-electron chi connectivity index (χ1n) is 10.0. The van der Waals surface area contributed by atoms with Gasteiger partial charge in [-0.1, -0.05) is 48.6 Å². The summed E-state index contributed by atoms with van der Waals surface area (Å²) in [4.78, 5) is 12.6. The van der Waals surface area contributed by atoms with E-state index >= 15 is 0 Å². The van der Waals surface area contributed by atoms with Crippen molar-refractivity contribution in [3.8, 4) is 11.5 Å². The molecule has 1 fully saturated rings. The Balaban J connectivity index is 1.49. The van der Waals surface area contributed by atoms with Gasteiger partial charge in [-0.3, -0.25) is 9.89 Å². The second-order valence-corrected chi connectivity index (χ2v) is 8.02. The Morgan fingerprint density at radius 2 is 1.86 bits per heavy atom. The first-order chi connectivity index (χ1) is 14.2. The fourth-order valence-corrected chi connectivity index (χ4v) is 4.46. The number of benzene rings is 2. The van der Waals surface area contributed by atoms with Gasteiger partial charge in [0.1, 0.15) is 5.69 Å². The number of nitrogens with one attached hydrogen (secondary N) is 1. The van der Waals surface area contributed by atoms with Crippen LogP contribution in [-0.4, -0.2) is 22.8 Å². The topological polar surface area (TPSA) is 64.2 Å². The molecule has 2 heterocycles. The summed E-state index contributed by atoms with van der Waals surface area (Å²) in [5.41, 5.74) is 4.46. The summed E-state index contributed by atoms with van der Waals surface area (Å²) in [7, 11) is 0. The van der Waals surface area contributed by atoms with E-state index in [1.807, 2.05) is 12.1 Å². The third-order valence-electron chi connectivity index (χ3n) is 6.23. The molecule has 3 aromatic rings. The number of H-pyrrole nitrogens is 1. The van der Waals surface area contributed by atoms with Crippen molar-refractivity contribution in [1.29, 1.82) is 0 Å². The van der Waals surface area contributed by atoms with Crippen molar-refractivity contribution in [3.05, 3.63) is 82.7 Å². The number of nitrogens with zero attached hydrogens (tertiary/aromatic N) is 1. The van der Waals surface area contributed by atoms with Gasteiger partial charge in [0.15, 0.2) is 17.3 Å². The number of aromatic amines is 1. The predicted molar refractivity (Wildman–Crippen MR) is 108 cm³/mol. The maximum absolute atomic E-state index is 12.6. The summed E-state index contributed by atoms with van der Waals surface area (Å²) in [5, 5.41) is 7.56. The van der Waals surface area contributed by atoms with E-state index in [-0.39, 0.29) is 23.9 Å². The predicted octanol–water partition coefficient (Wildman–Crippen LogP) is 4.29. The molecule has 1 N–H and O–H groups in total. The van der Waals surface area contributed by atoms with Gasteiger partial charge in [-0.25, -0.2) is 0 Å². The van der Waals surface area contributed by atoms with Crippen LogP contribution in [0.1, 0.15) is 45.7 Å². The Bertz CT molecular complexity index is 1140. The van der Waals surface area contributed by atoms with Crippen molar-refractivity contribution in [2.45, 2.75) is 24.7 Å². The van der Waals surface area contributed by atoms with E-state index in [1.54, 1.807) is 0 Å². The molecule has 5 heteroatoms. The highest BCUT2D eigenvalue weighted by atomic mass is 16.7. The number of ether oxygens (including phenoxy) is 2. The molecular formula is C24H20N2O3. The van der Waals surface area contributed by atoms with Crippen LogP contribution in [0.4, 0.5) is 0 Å². The lowest BCUT2D eigenvalue weighted by molar-refractivity contribution is 0.0962. The molecule has 3 aliphatic rings. The number of carbonyl (C=O) groups excluding carboxylic acids is 1. The van der Waals surface area contributed by atoms with Gasteiger partial charge in [-0.05, 0) is 36.1 Å². The van der Waals surface area contributed by atoms with E-state index in [4.69, 9.17) is 9.47 Å². The molecule has 2 aliphatic carbocycles. The highest BCUT2D eigenvalue weighted by Crippen LogP contribution is 2.45. The fraction of sp³-hybridized carbons (Fsp3) is 0.250. The van der Waals surface area contributed by atoms with Crippen molar-refractivity contribution in [3.63, 3.8) is 0 Å². The third-order valence-corrected chi connectivity index (χ3v) is 6.23. The molecule has 29 heavy (non-hydrogen) atoms. The van der Waals surface area contributed by atoms with Crippen LogP contribution in [0.15, 0.2) is 54.6 Å². The lowest BCUT2D eigenvalue weighted by Crippen LogP contribution is -2.30. The van der Waals surface area contributed by atoms with Gasteiger partial charge in [0.25, 0.3) is 0 Å². The second-order valence-electron chi connectivity index (χ2n) is 8.02. The lowest BCUT2D eigenvalue weighted by atomic mass is 9.68. The Kier molecular flexibility index (Phi) is 3.48. The Morgan fingerprint density at radius 1 is 1.03 bits per heavy atom. The van der Waals surface area contributed by atoms with E-state index in [9.17, 15) is 4.79 Å². The van der Waals surface area contributed by atoms with Gasteiger partial charge < -0.3 is 9.47 Å². The van der Waals surface area contributed by atoms with E-state index in [2.05, 4.69) is 58.7 Å². The number of ketones is 1. The smallest absolute Gasteiger partial charge is 0.231 e. The van der Waals surface area contributed by atoms with Gasteiger partial charge in [-0.2, -0.15) is 5.10 Å². The van der Waals surface area contributed by atoms with Crippen molar-refractivity contribution in [1.82, 2.24) is 10.2 Å². The summed E-state index contributed by atoms with van der Waals surface area (Å²) in [5.74, 6) is 1.87. The first kappa shape index (κ1) is 16.6. The molecule has 1 saturated carbocycles. The van der Waals surface area contributed by atoms with Crippen LogP contribution in [0.25, 0.3) is 6.08 Å². The van der Waals surface area contributed by atoms with E-state index in [0.717, 1.165) is 41.2 Å². The minimum Gasteiger partial charge on any atom is -0.454 e. The molecule has 2 aromatic carbocycles. The van der Waals surface area contributed by atoms with Gasteiger partial charge in [-0.15, -0.1) is 0 Å². The average molecular weight is 384 g/mol. The van der Waals surface area contributed by atoms with E-state index < -0.39 is 0 Å². The zero-order valence-corrected chi connectivity index (χ0v) is 15.9. The summed E-state index contributed by atoms with van der Waals surface area (Å²) < 4.78 is 11.1. The molecule has 0 radical (unpaired) electrons. The van der Waals surface area contributed by atoms with Gasteiger partial charge in [0.2, 0.25) is 6.79 Å². The zero-order valence-electron chi connectivity index (χ0n) is 15.9. The van der Waals surface area contributed by atoms with Crippen molar-refractivity contribution < 1.29 is 14.3 Å². The Hall–Kier alpha value is -3.34. The molecule has 1 aromatic heterocycles. The monoisotopic (exact) mass is 384 g/mol. The number of hydrogen-bond donors (Lipinski definition) is 1. The number of rotatable bonds is 4. The summed E-state index contributed by atoms with van der Waals surface area (Å²) >= 11 is 0. The van der Waals surface area contributed by atoms with Crippen molar-refractivity contribution in [2.75, 3.05) is 6.79 Å². The molecular weight excluding hydrogens is 364 g/mol. The normalized spacial score (nSPS) is 21.8. The Labute approximate surface area is 168 Å². The van der Waals surface area contributed by atoms with E-state index in [0.29, 0.717) is 12.1 Å². The van der Waals surface area contributed by atoms with Crippen LogP contribution in [0.2, 0.25) is 0 Å². The Morgan fingerprint density at radius 3 is 2.69 bits per heavy atom. The first-order valence-corrected chi connectivity index (χ1v) is 10.0. The number of Topliss-reactive ketones (excluding diaryl/α,β-unsaturated/α-hetero) is 1. The quantitative estimate of drug-likeness (QED) is 0.682. The molecule has 6 rings (SSSR count). The van der Waals surface area contributed by atoms with Gasteiger partial charge in [0, 0.05) is 29.0 Å². The summed E-state index contributed by atoms with van der Waals surface area (Å²) in [6.07, 6.45) is 6.94. The largest absolute Gasteiger partial charge is 0.454 e. The third kappa shape index (κ3) is 2.54.